The summed E-state index contributed by atoms with van der Waals surface area (Å²) in [7, 11) is 0. The summed E-state index contributed by atoms with van der Waals surface area (Å²) in [5.74, 6) is 0.236. The summed E-state index contributed by atoms with van der Waals surface area (Å²) >= 11 is 0. The molecule has 0 aliphatic rings. The maximum absolute atomic E-state index is 12.5. The van der Waals surface area contributed by atoms with Gasteiger partial charge in [-0.15, -0.1) is 0 Å². The third-order valence-electron chi connectivity index (χ3n) is 3.35. The Bertz CT molecular complexity index is 664. The van der Waals surface area contributed by atoms with Gasteiger partial charge in [0.15, 0.2) is 0 Å². The number of ether oxygens (including phenoxy) is 1. The van der Waals surface area contributed by atoms with E-state index in [0.717, 1.165) is 37.1 Å². The normalized spacial score (nSPS) is 11.2. The number of carbonyl (C=O) groups excluding carboxylic acids is 1. The quantitative estimate of drug-likeness (QED) is 0.742. The lowest BCUT2D eigenvalue weighted by molar-refractivity contribution is -0.137. The van der Waals surface area contributed by atoms with Gasteiger partial charge in [0.2, 0.25) is 0 Å². The minimum Gasteiger partial charge on any atom is -0.494 e. The van der Waals surface area contributed by atoms with Gasteiger partial charge in [0.1, 0.15) is 5.75 Å². The molecule has 128 valence electrons. The molecule has 3 nitrogen and oxygen atoms in total. The predicted molar refractivity (Wildman–Crippen MR) is 86.2 cm³/mol. The summed E-state index contributed by atoms with van der Waals surface area (Å²) in [6.07, 6.45) is -2.41. The zero-order chi connectivity index (χ0) is 17.6. The summed E-state index contributed by atoms with van der Waals surface area (Å²) in [5.41, 5.74) is -0.0818. The summed E-state index contributed by atoms with van der Waals surface area (Å²) in [6, 6.07) is 10.9. The number of carbonyl (C=O) groups is 1. The first kappa shape index (κ1) is 17.8. The van der Waals surface area contributed by atoms with Crippen molar-refractivity contribution in [3.05, 3.63) is 59.7 Å². The van der Waals surface area contributed by atoms with E-state index in [2.05, 4.69) is 12.2 Å². The summed E-state index contributed by atoms with van der Waals surface area (Å²) in [5, 5.41) is 2.64. The lowest BCUT2D eigenvalue weighted by Crippen LogP contribution is -2.12. The molecule has 24 heavy (non-hydrogen) atoms. The molecule has 0 bridgehead atoms. The Hall–Kier alpha value is -2.50. The van der Waals surface area contributed by atoms with Crippen LogP contribution in [0.15, 0.2) is 48.5 Å². The molecule has 2 rings (SSSR count). The molecule has 6 heteroatoms. The molecule has 0 aliphatic carbocycles. The lowest BCUT2D eigenvalue weighted by Gasteiger charge is -2.09. The summed E-state index contributed by atoms with van der Waals surface area (Å²) in [6.45, 7) is 2.71. The van der Waals surface area contributed by atoms with Crippen LogP contribution in [0.1, 0.15) is 35.7 Å². The first-order valence-electron chi connectivity index (χ1n) is 7.61. The van der Waals surface area contributed by atoms with E-state index in [-0.39, 0.29) is 5.56 Å². The van der Waals surface area contributed by atoms with Crippen LogP contribution in [-0.2, 0) is 6.18 Å². The van der Waals surface area contributed by atoms with Crippen LogP contribution in [0.5, 0.6) is 5.75 Å². The molecule has 0 atom stereocenters. The number of amides is 1. The van der Waals surface area contributed by atoms with Crippen LogP contribution in [0.4, 0.5) is 18.9 Å². The van der Waals surface area contributed by atoms with Gasteiger partial charge in [-0.05, 0) is 55.0 Å². The highest BCUT2D eigenvalue weighted by atomic mass is 19.4. The third-order valence-corrected chi connectivity index (χ3v) is 3.35. The molecule has 1 amide bonds. The Morgan fingerprint density at radius 3 is 2.21 bits per heavy atom. The first-order valence-corrected chi connectivity index (χ1v) is 7.61. The molecule has 0 fully saturated rings. The van der Waals surface area contributed by atoms with E-state index < -0.39 is 17.6 Å². The SMILES string of the molecule is CCCCOc1ccc(NC(=O)c2ccc(C(F)(F)F)cc2)cc1. The molecule has 0 unspecified atom stereocenters. The van der Waals surface area contributed by atoms with E-state index in [1.807, 2.05) is 0 Å². The van der Waals surface area contributed by atoms with Gasteiger partial charge in [-0.1, -0.05) is 13.3 Å². The zero-order valence-corrected chi connectivity index (χ0v) is 13.2. The van der Waals surface area contributed by atoms with Crippen LogP contribution < -0.4 is 10.1 Å². The molecule has 0 aromatic heterocycles. The molecule has 0 saturated carbocycles. The second kappa shape index (κ2) is 7.86. The molecule has 0 aliphatic heterocycles. The second-order valence-electron chi connectivity index (χ2n) is 5.26. The van der Waals surface area contributed by atoms with Gasteiger partial charge in [0.25, 0.3) is 5.91 Å². The Balaban J connectivity index is 1.96. The molecule has 0 radical (unpaired) electrons. The average Bonchev–Trinajstić information content (AvgIpc) is 2.56. The van der Waals surface area contributed by atoms with Gasteiger partial charge in [0, 0.05) is 11.3 Å². The lowest BCUT2D eigenvalue weighted by atomic mass is 10.1. The fraction of sp³-hybridized carbons (Fsp3) is 0.278. The van der Waals surface area contributed by atoms with E-state index in [0.29, 0.717) is 18.0 Å². The number of anilines is 1. The fourth-order valence-corrected chi connectivity index (χ4v) is 1.98. The van der Waals surface area contributed by atoms with Crippen molar-refractivity contribution in [3.63, 3.8) is 0 Å². The van der Waals surface area contributed by atoms with Crippen LogP contribution in [-0.4, -0.2) is 12.5 Å². The van der Waals surface area contributed by atoms with Gasteiger partial charge in [-0.25, -0.2) is 0 Å². The zero-order valence-electron chi connectivity index (χ0n) is 13.2. The highest BCUT2D eigenvalue weighted by Crippen LogP contribution is 2.29. The molecule has 2 aromatic carbocycles. The molecular formula is C18H18F3NO2. The number of hydrogen-bond acceptors (Lipinski definition) is 2. The third kappa shape index (κ3) is 5.01. The number of unbranched alkanes of at least 4 members (excludes halogenated alkanes) is 1. The smallest absolute Gasteiger partial charge is 0.416 e. The second-order valence-corrected chi connectivity index (χ2v) is 5.26. The number of hydrogen-bond donors (Lipinski definition) is 1. The minimum absolute atomic E-state index is 0.159. The largest absolute Gasteiger partial charge is 0.494 e. The molecule has 1 N–H and O–H groups in total. The minimum atomic E-state index is -4.41. The highest BCUT2D eigenvalue weighted by Gasteiger charge is 2.30. The Labute approximate surface area is 138 Å². The number of rotatable bonds is 6. The number of alkyl halides is 3. The first-order chi connectivity index (χ1) is 11.4. The van der Waals surface area contributed by atoms with Crippen molar-refractivity contribution in [2.24, 2.45) is 0 Å². The molecule has 0 saturated heterocycles. The van der Waals surface area contributed by atoms with Crippen molar-refractivity contribution in [1.82, 2.24) is 0 Å². The number of halogens is 3. The topological polar surface area (TPSA) is 38.3 Å². The molecule has 0 spiro atoms. The number of benzene rings is 2. The maximum Gasteiger partial charge on any atom is 0.416 e. The van der Waals surface area contributed by atoms with Crippen LogP contribution >= 0.6 is 0 Å². The molecular weight excluding hydrogens is 319 g/mol. The van der Waals surface area contributed by atoms with Gasteiger partial charge >= 0.3 is 6.18 Å². The van der Waals surface area contributed by atoms with E-state index >= 15 is 0 Å². The van der Waals surface area contributed by atoms with Crippen molar-refractivity contribution in [2.45, 2.75) is 25.9 Å². The Morgan fingerprint density at radius 1 is 1.04 bits per heavy atom. The maximum atomic E-state index is 12.5. The van der Waals surface area contributed by atoms with Gasteiger partial charge < -0.3 is 10.1 Å². The van der Waals surface area contributed by atoms with E-state index in [9.17, 15) is 18.0 Å². The average molecular weight is 337 g/mol. The summed E-state index contributed by atoms with van der Waals surface area (Å²) < 4.78 is 43.0. The van der Waals surface area contributed by atoms with E-state index in [1.54, 1.807) is 24.3 Å². The fourth-order valence-electron chi connectivity index (χ4n) is 1.98. The van der Waals surface area contributed by atoms with E-state index in [4.69, 9.17) is 4.74 Å². The van der Waals surface area contributed by atoms with Crippen molar-refractivity contribution < 1.29 is 22.7 Å². The van der Waals surface area contributed by atoms with Gasteiger partial charge in [-0.2, -0.15) is 13.2 Å². The molecule has 0 heterocycles. The van der Waals surface area contributed by atoms with Crippen LogP contribution in [0.3, 0.4) is 0 Å². The van der Waals surface area contributed by atoms with Crippen LogP contribution in [0.25, 0.3) is 0 Å². The monoisotopic (exact) mass is 337 g/mol. The molecule has 2 aromatic rings. The van der Waals surface area contributed by atoms with Gasteiger partial charge in [-0.3, -0.25) is 4.79 Å². The Kier molecular flexibility index (Phi) is 5.84. The standard InChI is InChI=1S/C18H18F3NO2/c1-2-3-12-24-16-10-8-15(9-11-16)22-17(23)13-4-6-14(7-5-13)18(19,20)21/h4-11H,2-3,12H2,1H3,(H,22,23). The van der Waals surface area contributed by atoms with Gasteiger partial charge in [0.05, 0.1) is 12.2 Å². The summed E-state index contributed by atoms with van der Waals surface area (Å²) in [4.78, 5) is 12.0. The van der Waals surface area contributed by atoms with Crippen molar-refractivity contribution in [1.29, 1.82) is 0 Å². The van der Waals surface area contributed by atoms with Crippen molar-refractivity contribution in [2.75, 3.05) is 11.9 Å². The van der Waals surface area contributed by atoms with E-state index in [1.165, 1.54) is 0 Å². The highest BCUT2D eigenvalue weighted by molar-refractivity contribution is 6.04. The van der Waals surface area contributed by atoms with Crippen molar-refractivity contribution in [3.8, 4) is 5.75 Å². The van der Waals surface area contributed by atoms with Crippen LogP contribution in [0.2, 0.25) is 0 Å². The predicted octanol–water partition coefficient (Wildman–Crippen LogP) is 5.14. The number of nitrogens with one attached hydrogen (secondary N) is 1. The Morgan fingerprint density at radius 2 is 1.67 bits per heavy atom. The van der Waals surface area contributed by atoms with Crippen molar-refractivity contribution >= 4 is 11.6 Å². The van der Waals surface area contributed by atoms with Crippen LogP contribution in [0, 0.1) is 0 Å².